The summed E-state index contributed by atoms with van der Waals surface area (Å²) in [6, 6.07) is 41.1. The van der Waals surface area contributed by atoms with Crippen LogP contribution in [0.25, 0.3) is 0 Å². The van der Waals surface area contributed by atoms with Gasteiger partial charge in [0.25, 0.3) is 0 Å². The van der Waals surface area contributed by atoms with Crippen LogP contribution in [0.3, 0.4) is 0 Å². The Bertz CT molecular complexity index is 5570. The number of hydrogen-bond donors (Lipinski definition) is 5. The minimum absolute atomic E-state index is 0.00627. The van der Waals surface area contributed by atoms with Crippen LogP contribution in [0, 0.1) is 13.8 Å². The Morgan fingerprint density at radius 1 is 0.381 bits per heavy atom. The zero-order valence-corrected chi connectivity index (χ0v) is 87.8. The SMILES string of the molecule is CCCC(c1cc[n+](CCCCCC(=O)O)cc1)C(c1cc[n+](CCCCCC(=O)O)cc1)C(CC(CC(c1cc[n+](CCCCCC(=O)NCCCCCC[N+]2=CC=[C]([Ge][n]3cc[n+](C)c3)C2c2cccc(C)n2)cc1)C(CC)c1cc[n+](CCCCCC(=O)NCCCCCC[N+]2=CC=[C]([Ge][n]3cc[n+](C)c3)C2c2cccc(C)n2)cc1)c1ccncc1)c1cc[n+](CCCCCC(=O)O)cc1. The van der Waals surface area contributed by atoms with Crippen molar-refractivity contribution < 1.29 is 80.4 Å². The van der Waals surface area contributed by atoms with Gasteiger partial charge < -0.3 is 15.3 Å². The van der Waals surface area contributed by atoms with Gasteiger partial charge in [-0.05, 0) is 171 Å². The Balaban J connectivity index is 0.727. The number of aliphatic carboxylic acids is 3. The second-order valence-electron chi connectivity index (χ2n) is 38.6. The van der Waals surface area contributed by atoms with Gasteiger partial charge in [-0.25, -0.2) is 22.8 Å². The number of aryl methyl sites for hydroxylation is 9. The summed E-state index contributed by atoms with van der Waals surface area (Å²) in [4.78, 5) is 75.8. The number of pyridine rings is 8. The van der Waals surface area contributed by atoms with E-state index in [0.29, 0.717) is 45.2 Å². The number of nitrogens with one attached hydrogen (secondary N) is 2. The van der Waals surface area contributed by atoms with Crippen LogP contribution in [0.5, 0.6) is 0 Å². The molecule has 8 atom stereocenters. The average molecular weight is 2010 g/mol. The molecule has 10 aromatic heterocycles. The van der Waals surface area contributed by atoms with E-state index < -0.39 is 49.2 Å². The zero-order chi connectivity index (χ0) is 97.7. The molecule has 4 radical (unpaired) electrons. The first-order chi connectivity index (χ1) is 67.8. The molecule has 12 rings (SSSR count). The van der Waals surface area contributed by atoms with Crippen LogP contribution in [0.2, 0.25) is 0 Å². The number of carboxylic acids is 3. The molecule has 139 heavy (non-hydrogen) atoms. The van der Waals surface area contributed by atoms with Crippen molar-refractivity contribution in [3.8, 4) is 0 Å². The molecule has 0 fully saturated rings. The maximum absolute atomic E-state index is 13.3. The molecule has 2 aliphatic heterocycles. The van der Waals surface area contributed by atoms with Crippen molar-refractivity contribution in [1.82, 2.24) is 32.6 Å². The van der Waals surface area contributed by atoms with E-state index in [1.807, 2.05) is 12.4 Å². The van der Waals surface area contributed by atoms with E-state index in [1.54, 1.807) is 0 Å². The second kappa shape index (κ2) is 58.2. The topological polar surface area (TPSA) is 252 Å². The van der Waals surface area contributed by atoms with Gasteiger partial charge in [-0.3, -0.25) is 19.4 Å². The van der Waals surface area contributed by atoms with E-state index >= 15 is 0 Å². The van der Waals surface area contributed by atoms with Crippen LogP contribution in [-0.4, -0.2) is 146 Å². The van der Waals surface area contributed by atoms with Gasteiger partial charge in [0.05, 0.1) is 0 Å². The first kappa shape index (κ1) is 107. The molecule has 26 heteroatoms. The van der Waals surface area contributed by atoms with Crippen molar-refractivity contribution >= 4 is 73.5 Å². The molecule has 0 aliphatic carbocycles. The molecular formula is C113H155Ge2N16O8+9. The quantitative estimate of drug-likeness (QED) is 0.0136. The fraction of sp³-hybridized carbons (Fsp3) is 0.496. The minimum Gasteiger partial charge on any atom is -0.481 e. The van der Waals surface area contributed by atoms with E-state index in [2.05, 4.69) is 339 Å². The van der Waals surface area contributed by atoms with Crippen LogP contribution in [0.15, 0.2) is 242 Å². The van der Waals surface area contributed by atoms with Gasteiger partial charge in [0.15, 0.2) is 62.0 Å². The van der Waals surface area contributed by atoms with Crippen molar-refractivity contribution in [2.24, 2.45) is 14.1 Å². The van der Waals surface area contributed by atoms with E-state index in [1.165, 1.54) is 42.2 Å². The first-order valence-corrected chi connectivity index (χ1v) is 55.9. The summed E-state index contributed by atoms with van der Waals surface area (Å²) in [5, 5.41) is 34.9. The van der Waals surface area contributed by atoms with Crippen molar-refractivity contribution in [1.29, 1.82) is 0 Å². The number of carbonyl (C=O) groups excluding carboxylic acids is 2. The van der Waals surface area contributed by atoms with E-state index in [4.69, 9.17) is 9.97 Å². The van der Waals surface area contributed by atoms with E-state index in [-0.39, 0.29) is 78.7 Å². The predicted octanol–water partition coefficient (Wildman–Crippen LogP) is 16.4. The molecule has 0 saturated heterocycles. The van der Waals surface area contributed by atoms with Gasteiger partial charge in [0.2, 0.25) is 0 Å². The monoisotopic (exact) mass is 2010 g/mol. The predicted molar refractivity (Wildman–Crippen MR) is 542 cm³/mol. The number of aromatic nitrogens is 12. The molecule has 10 aromatic rings. The van der Waals surface area contributed by atoms with Crippen molar-refractivity contribution in [2.45, 2.75) is 320 Å². The summed E-state index contributed by atoms with van der Waals surface area (Å²) in [5.41, 5.74) is 11.9. The normalized spacial score (nSPS) is 14.9. The molecule has 5 N–H and O–H groups in total. The Morgan fingerprint density at radius 2 is 0.727 bits per heavy atom. The average Bonchev–Trinajstić information content (AvgIpc) is 1.58. The number of carboxylic acid groups (broad SMARTS) is 3. The summed E-state index contributed by atoms with van der Waals surface area (Å²) in [5.74, 6) is -1.69. The number of amides is 2. The van der Waals surface area contributed by atoms with Crippen LogP contribution in [0.1, 0.15) is 329 Å². The molecule has 0 spiro atoms. The molecule has 2 amide bonds. The Hall–Kier alpha value is -11.1. The number of hydrogen-bond acceptors (Lipinski definition) is 8. The third-order valence-corrected chi connectivity index (χ3v) is 32.9. The van der Waals surface area contributed by atoms with Crippen LogP contribution in [-0.2, 0) is 70.8 Å². The smallest absolute Gasteiger partial charge is 0.303 e. The van der Waals surface area contributed by atoms with Crippen molar-refractivity contribution in [2.75, 3.05) is 26.2 Å². The summed E-state index contributed by atoms with van der Waals surface area (Å²) in [6.45, 7) is 16.2. The number of allylic oxidation sites excluding steroid dienone is 2. The molecule has 8 unspecified atom stereocenters. The fourth-order valence-electron chi connectivity index (χ4n) is 20.3. The molecule has 0 bridgehead atoms. The number of carbonyl (C=O) groups is 5. The van der Waals surface area contributed by atoms with Crippen LogP contribution in [0.4, 0.5) is 0 Å². The molecule has 2 aliphatic rings. The molecule has 12 heterocycles. The largest absolute Gasteiger partial charge is 0.481 e. The number of imidazole rings is 2. The van der Waals surface area contributed by atoms with Gasteiger partial charge in [0.1, 0.15) is 32.7 Å². The first-order valence-electron chi connectivity index (χ1n) is 51.9. The summed E-state index contributed by atoms with van der Waals surface area (Å²) in [7, 11) is 4.15. The Kier molecular flexibility index (Phi) is 44.7. The van der Waals surface area contributed by atoms with Crippen molar-refractivity contribution in [3.05, 3.63) is 298 Å². The third-order valence-electron chi connectivity index (χ3n) is 27.8. The van der Waals surface area contributed by atoms with E-state index in [9.17, 15) is 39.3 Å². The van der Waals surface area contributed by atoms with E-state index in [0.717, 1.165) is 229 Å². The zero-order valence-electron chi connectivity index (χ0n) is 83.6. The summed E-state index contributed by atoms with van der Waals surface area (Å²) >= 11 is -1.13. The number of unbranched alkanes of at least 4 members (excludes halogenated alkanes) is 16. The molecule has 24 nitrogen and oxygen atoms in total. The van der Waals surface area contributed by atoms with Crippen LogP contribution < -0.4 is 42.6 Å². The molecule has 0 saturated carbocycles. The van der Waals surface area contributed by atoms with Gasteiger partial charge in [-0.15, -0.1) is 0 Å². The number of nitrogens with zero attached hydrogens (tertiary/aromatic N) is 14. The standard InChI is InChI=1S/C113H150Ge2N16O8/c1-7-34-99(93-48-71-124(72-49-93)64-27-15-20-41-108(134)135)111(96-54-77-127(78-55-96)66-29-17-22-43-110(138)139)101(95-52-75-126(76-53-95)65-28-16-21-42-109(136)137)86-97(91-44-60-116-61-45-91)85-100(94-50-73-125(74-51-94)63-26-14-19-40-107(133)118-59-24-10-12-31-68-129-80-57-103(115-131-84-82-122(6)88-131)113(129)105-38-33-36-90(4)120-105)98(8-2)92-46-69-123(70-47-92)62-25-13-18-39-106(132)117-58-23-9-11-30-67-128-79-56-102(114-130-83-81-121(5)87-130)112(128)104-37-32-35-89(3)119-104/h32-33,35-38,44-57,60-61,69-84,87-88,97-101,111-113H,7-31,34,39-43,58-59,62-68,85-86H2,1-6H3/q+4/p+5. The third kappa shape index (κ3) is 35.6. The maximum atomic E-state index is 13.3. The van der Waals surface area contributed by atoms with Gasteiger partial charge in [-0.2, -0.15) is 0 Å². The van der Waals surface area contributed by atoms with Gasteiger partial charge >= 0.3 is 377 Å². The number of rotatable bonds is 66. The summed E-state index contributed by atoms with van der Waals surface area (Å²) < 4.78 is 28.2. The summed E-state index contributed by atoms with van der Waals surface area (Å²) in [6.07, 6.45) is 75.5. The Morgan fingerprint density at radius 3 is 1.09 bits per heavy atom. The molecule has 0 aromatic carbocycles. The van der Waals surface area contributed by atoms with Crippen molar-refractivity contribution in [3.63, 3.8) is 0 Å². The Labute approximate surface area is 839 Å². The maximum Gasteiger partial charge on any atom is 0.303 e. The molecular weight excluding hydrogens is 1850 g/mol. The minimum atomic E-state index is -0.764. The van der Waals surface area contributed by atoms with Gasteiger partial charge in [0, 0.05) is 124 Å². The fourth-order valence-corrected chi connectivity index (χ4v) is 25.6. The van der Waals surface area contributed by atoms with Crippen LogP contribution >= 0.6 is 0 Å². The molecule has 734 valence electrons. The van der Waals surface area contributed by atoms with Gasteiger partial charge in [-0.1, -0.05) is 20.3 Å². The second-order valence-corrected chi connectivity index (χ2v) is 44.2.